The van der Waals surface area contributed by atoms with Crippen molar-refractivity contribution in [1.29, 1.82) is 0 Å². The van der Waals surface area contributed by atoms with Crippen molar-refractivity contribution < 1.29 is 9.63 Å². The summed E-state index contributed by atoms with van der Waals surface area (Å²) >= 11 is 0. The molecule has 0 aliphatic heterocycles. The number of nitrogens with one attached hydrogen (secondary N) is 1. The molecule has 1 aliphatic rings. The van der Waals surface area contributed by atoms with Gasteiger partial charge in [0.05, 0.1) is 6.10 Å². The molecule has 1 amide bonds. The van der Waals surface area contributed by atoms with Gasteiger partial charge in [0, 0.05) is 23.6 Å². The molecule has 3 rings (SSSR count). The Morgan fingerprint density at radius 2 is 1.75 bits per heavy atom. The highest BCUT2D eigenvalue weighted by molar-refractivity contribution is 5.93. The molecule has 20 heavy (non-hydrogen) atoms. The van der Waals surface area contributed by atoms with Crippen LogP contribution in [0.3, 0.4) is 0 Å². The molecule has 1 aliphatic carbocycles. The van der Waals surface area contributed by atoms with E-state index in [0.29, 0.717) is 5.56 Å². The predicted octanol–water partition coefficient (Wildman–Crippen LogP) is 3.08. The number of nitrogens with zero attached hydrogens (tertiary/aromatic N) is 1. The number of hydrogen-bond acceptors (Lipinski definition) is 2. The second-order valence-electron chi connectivity index (χ2n) is 5.09. The zero-order chi connectivity index (χ0) is 13.8. The zero-order valence-electron chi connectivity index (χ0n) is 11.3. The fourth-order valence-electron chi connectivity index (χ4n) is 2.49. The molecule has 2 aromatic rings. The molecule has 1 N–H and O–H groups in total. The van der Waals surface area contributed by atoms with Crippen LogP contribution in [0.1, 0.15) is 36.0 Å². The van der Waals surface area contributed by atoms with Gasteiger partial charge in [-0.3, -0.25) is 9.63 Å². The van der Waals surface area contributed by atoms with Crippen molar-refractivity contribution in [3.63, 3.8) is 0 Å². The summed E-state index contributed by atoms with van der Waals surface area (Å²) < 4.78 is 2.00. The summed E-state index contributed by atoms with van der Waals surface area (Å²) in [7, 11) is 0. The van der Waals surface area contributed by atoms with Gasteiger partial charge in [-0.2, -0.15) is 0 Å². The molecule has 1 aromatic heterocycles. The van der Waals surface area contributed by atoms with Crippen LogP contribution in [-0.4, -0.2) is 16.6 Å². The van der Waals surface area contributed by atoms with Gasteiger partial charge in [0.2, 0.25) is 0 Å². The molecule has 1 fully saturated rings. The maximum absolute atomic E-state index is 12.0. The fraction of sp³-hybridized carbons (Fsp3) is 0.312. The van der Waals surface area contributed by atoms with Crippen molar-refractivity contribution >= 4 is 5.91 Å². The smallest absolute Gasteiger partial charge is 0.274 e. The van der Waals surface area contributed by atoms with E-state index >= 15 is 0 Å². The molecule has 0 spiro atoms. The van der Waals surface area contributed by atoms with Gasteiger partial charge in [-0.05, 0) is 49.2 Å². The van der Waals surface area contributed by atoms with Crippen molar-refractivity contribution in [3.05, 3.63) is 54.4 Å². The van der Waals surface area contributed by atoms with Crippen LogP contribution in [0.4, 0.5) is 0 Å². The first-order chi connectivity index (χ1) is 9.83. The third kappa shape index (κ3) is 2.91. The average molecular weight is 270 g/mol. The Balaban J connectivity index is 1.60. The zero-order valence-corrected chi connectivity index (χ0v) is 11.3. The minimum atomic E-state index is -0.184. The molecule has 0 radical (unpaired) electrons. The third-order valence-electron chi connectivity index (χ3n) is 3.65. The molecule has 4 nitrogen and oxygen atoms in total. The Labute approximate surface area is 118 Å². The Kier molecular flexibility index (Phi) is 3.83. The van der Waals surface area contributed by atoms with Crippen LogP contribution < -0.4 is 5.48 Å². The van der Waals surface area contributed by atoms with Gasteiger partial charge in [0.15, 0.2) is 0 Å². The maximum atomic E-state index is 12.0. The molecule has 0 atom stereocenters. The van der Waals surface area contributed by atoms with E-state index in [1.807, 2.05) is 53.4 Å². The number of hydrogen-bond donors (Lipinski definition) is 1. The standard InChI is InChI=1S/C16H18N2O2/c19-16(17-20-15-5-1-2-6-15)13-7-9-14(10-8-13)18-11-3-4-12-18/h3-4,7-12,15H,1-2,5-6H2,(H,17,19). The highest BCUT2D eigenvalue weighted by atomic mass is 16.7. The summed E-state index contributed by atoms with van der Waals surface area (Å²) in [5, 5.41) is 0. The first-order valence-electron chi connectivity index (χ1n) is 7.02. The van der Waals surface area contributed by atoms with Crippen molar-refractivity contribution in [2.75, 3.05) is 0 Å². The SMILES string of the molecule is O=C(NOC1CCCC1)c1ccc(-n2cccc2)cc1. The minimum absolute atomic E-state index is 0.179. The normalized spacial score (nSPS) is 15.4. The number of carbonyl (C=O) groups excluding carboxylic acids is 1. The Morgan fingerprint density at radius 1 is 1.10 bits per heavy atom. The first kappa shape index (κ1) is 12.9. The Morgan fingerprint density at radius 3 is 2.40 bits per heavy atom. The first-order valence-corrected chi connectivity index (χ1v) is 7.02. The van der Waals surface area contributed by atoms with E-state index in [1.165, 1.54) is 12.8 Å². The Bertz CT molecular complexity index is 555. The number of rotatable bonds is 4. The molecule has 1 saturated carbocycles. The lowest BCUT2D eigenvalue weighted by molar-refractivity contribution is -0.0124. The molecule has 104 valence electrons. The lowest BCUT2D eigenvalue weighted by atomic mass is 10.2. The molecule has 0 bridgehead atoms. The van der Waals surface area contributed by atoms with E-state index < -0.39 is 0 Å². The van der Waals surface area contributed by atoms with Gasteiger partial charge >= 0.3 is 0 Å². The lowest BCUT2D eigenvalue weighted by Crippen LogP contribution is -2.28. The molecule has 1 heterocycles. The number of aromatic nitrogens is 1. The minimum Gasteiger partial charge on any atom is -0.324 e. The van der Waals surface area contributed by atoms with Gasteiger partial charge in [-0.1, -0.05) is 12.8 Å². The summed E-state index contributed by atoms with van der Waals surface area (Å²) in [4.78, 5) is 17.4. The highest BCUT2D eigenvalue weighted by Gasteiger charge is 2.17. The molecule has 0 unspecified atom stereocenters. The van der Waals surface area contributed by atoms with E-state index in [-0.39, 0.29) is 12.0 Å². The van der Waals surface area contributed by atoms with Crippen LogP contribution in [0.5, 0.6) is 0 Å². The molecule has 1 aromatic carbocycles. The highest BCUT2D eigenvalue weighted by Crippen LogP contribution is 2.20. The number of hydroxylamine groups is 1. The number of amides is 1. The van der Waals surface area contributed by atoms with Crippen LogP contribution in [-0.2, 0) is 4.84 Å². The van der Waals surface area contributed by atoms with Crippen molar-refractivity contribution in [3.8, 4) is 5.69 Å². The van der Waals surface area contributed by atoms with Crippen LogP contribution in [0.15, 0.2) is 48.8 Å². The van der Waals surface area contributed by atoms with E-state index in [0.717, 1.165) is 18.5 Å². The van der Waals surface area contributed by atoms with Crippen molar-refractivity contribution in [2.45, 2.75) is 31.8 Å². The predicted molar refractivity (Wildman–Crippen MR) is 76.6 cm³/mol. The van der Waals surface area contributed by atoms with Crippen LogP contribution in [0.25, 0.3) is 5.69 Å². The summed E-state index contributed by atoms with van der Waals surface area (Å²) in [5.74, 6) is -0.184. The van der Waals surface area contributed by atoms with Crippen molar-refractivity contribution in [2.24, 2.45) is 0 Å². The summed E-state index contributed by atoms with van der Waals surface area (Å²) in [5.41, 5.74) is 4.19. The van der Waals surface area contributed by atoms with Crippen LogP contribution in [0.2, 0.25) is 0 Å². The topological polar surface area (TPSA) is 43.3 Å². The summed E-state index contributed by atoms with van der Waals surface area (Å²) in [6.07, 6.45) is 8.56. The van der Waals surface area contributed by atoms with E-state index in [1.54, 1.807) is 0 Å². The molecule has 4 heteroatoms. The van der Waals surface area contributed by atoms with E-state index in [4.69, 9.17) is 4.84 Å². The fourth-order valence-corrected chi connectivity index (χ4v) is 2.49. The lowest BCUT2D eigenvalue weighted by Gasteiger charge is -2.11. The quantitative estimate of drug-likeness (QED) is 0.868. The van der Waals surface area contributed by atoms with Gasteiger partial charge < -0.3 is 4.57 Å². The van der Waals surface area contributed by atoms with Gasteiger partial charge in [-0.15, -0.1) is 0 Å². The number of benzene rings is 1. The summed E-state index contributed by atoms with van der Waals surface area (Å²) in [6, 6.07) is 11.4. The maximum Gasteiger partial charge on any atom is 0.274 e. The second kappa shape index (κ2) is 5.92. The van der Waals surface area contributed by atoms with Gasteiger partial charge in [-0.25, -0.2) is 5.48 Å². The largest absolute Gasteiger partial charge is 0.324 e. The molecular weight excluding hydrogens is 252 g/mol. The van der Waals surface area contributed by atoms with E-state index in [9.17, 15) is 4.79 Å². The third-order valence-corrected chi connectivity index (χ3v) is 3.65. The monoisotopic (exact) mass is 270 g/mol. The molecule has 0 saturated heterocycles. The van der Waals surface area contributed by atoms with Gasteiger partial charge in [0.25, 0.3) is 5.91 Å². The van der Waals surface area contributed by atoms with Gasteiger partial charge in [0.1, 0.15) is 0 Å². The van der Waals surface area contributed by atoms with Crippen molar-refractivity contribution in [1.82, 2.24) is 10.0 Å². The second-order valence-corrected chi connectivity index (χ2v) is 5.09. The molecular formula is C16H18N2O2. The average Bonchev–Trinajstić information content (AvgIpc) is 3.18. The van der Waals surface area contributed by atoms with Crippen LogP contribution >= 0.6 is 0 Å². The summed E-state index contributed by atoms with van der Waals surface area (Å²) in [6.45, 7) is 0. The van der Waals surface area contributed by atoms with E-state index in [2.05, 4.69) is 5.48 Å². The number of carbonyl (C=O) groups is 1. The Hall–Kier alpha value is -2.07. The van der Waals surface area contributed by atoms with Crippen LogP contribution in [0, 0.1) is 0 Å².